The number of halogens is 1. The standard InChI is InChI=1S/C11H19BrN2O3S/c1-4-8(3)14-18(15,16)10-6-9(7-13-5-2)17-11(10)12/h6,8,13-14H,4-5,7H2,1-3H3. The first-order chi connectivity index (χ1) is 8.40. The molecule has 0 aliphatic rings. The highest BCUT2D eigenvalue weighted by atomic mass is 79.9. The van der Waals surface area contributed by atoms with Gasteiger partial charge >= 0.3 is 0 Å². The van der Waals surface area contributed by atoms with Gasteiger partial charge in [-0.2, -0.15) is 0 Å². The molecular weight excluding hydrogens is 320 g/mol. The van der Waals surface area contributed by atoms with E-state index >= 15 is 0 Å². The third kappa shape index (κ3) is 4.08. The second-order valence-electron chi connectivity index (χ2n) is 4.06. The molecule has 2 N–H and O–H groups in total. The molecule has 0 radical (unpaired) electrons. The molecule has 1 aromatic rings. The Hall–Kier alpha value is -0.370. The van der Waals surface area contributed by atoms with Crippen LogP contribution in [0.15, 0.2) is 20.0 Å². The molecule has 0 bridgehead atoms. The molecule has 7 heteroatoms. The third-order valence-electron chi connectivity index (χ3n) is 2.51. The van der Waals surface area contributed by atoms with Crippen LogP contribution in [-0.4, -0.2) is 21.0 Å². The summed E-state index contributed by atoms with van der Waals surface area (Å²) in [5.41, 5.74) is 0. The van der Waals surface area contributed by atoms with Crippen LogP contribution in [-0.2, 0) is 16.6 Å². The van der Waals surface area contributed by atoms with Crippen molar-refractivity contribution >= 4 is 26.0 Å². The van der Waals surface area contributed by atoms with Crippen molar-refractivity contribution in [2.24, 2.45) is 0 Å². The topological polar surface area (TPSA) is 71.3 Å². The summed E-state index contributed by atoms with van der Waals surface area (Å²) in [5.74, 6) is 0.591. The number of nitrogens with one attached hydrogen (secondary N) is 2. The van der Waals surface area contributed by atoms with Crippen molar-refractivity contribution in [3.05, 3.63) is 16.5 Å². The van der Waals surface area contributed by atoms with Crippen molar-refractivity contribution in [2.45, 2.75) is 44.7 Å². The summed E-state index contributed by atoms with van der Waals surface area (Å²) in [6.07, 6.45) is 0.735. The highest BCUT2D eigenvalue weighted by Crippen LogP contribution is 2.26. The molecule has 18 heavy (non-hydrogen) atoms. The predicted molar refractivity (Wildman–Crippen MR) is 73.9 cm³/mol. The van der Waals surface area contributed by atoms with E-state index in [1.54, 1.807) is 0 Å². The zero-order valence-electron chi connectivity index (χ0n) is 10.8. The highest BCUT2D eigenvalue weighted by Gasteiger charge is 2.23. The van der Waals surface area contributed by atoms with Crippen molar-refractivity contribution in [1.82, 2.24) is 10.0 Å². The lowest BCUT2D eigenvalue weighted by Gasteiger charge is -2.10. The van der Waals surface area contributed by atoms with Gasteiger partial charge in [-0.05, 0) is 35.8 Å². The average molecular weight is 339 g/mol. The zero-order chi connectivity index (χ0) is 13.8. The van der Waals surface area contributed by atoms with Gasteiger partial charge in [0, 0.05) is 12.1 Å². The minimum Gasteiger partial charge on any atom is -0.452 e. The lowest BCUT2D eigenvalue weighted by Crippen LogP contribution is -2.31. The van der Waals surface area contributed by atoms with Crippen LogP contribution < -0.4 is 10.0 Å². The van der Waals surface area contributed by atoms with Crippen LogP contribution in [0, 0.1) is 0 Å². The van der Waals surface area contributed by atoms with E-state index in [0.29, 0.717) is 12.3 Å². The lowest BCUT2D eigenvalue weighted by molar-refractivity contribution is 0.463. The van der Waals surface area contributed by atoms with Crippen molar-refractivity contribution < 1.29 is 12.8 Å². The van der Waals surface area contributed by atoms with Gasteiger partial charge in [0.15, 0.2) is 4.67 Å². The minimum atomic E-state index is -3.52. The molecule has 0 aromatic carbocycles. The van der Waals surface area contributed by atoms with Gasteiger partial charge in [0.1, 0.15) is 10.7 Å². The third-order valence-corrected chi connectivity index (χ3v) is 4.96. The molecule has 1 rings (SSSR count). The Morgan fingerprint density at radius 3 is 2.67 bits per heavy atom. The fourth-order valence-corrected chi connectivity index (χ4v) is 3.65. The van der Waals surface area contributed by atoms with E-state index in [1.807, 2.05) is 20.8 Å². The molecule has 0 aliphatic carbocycles. The van der Waals surface area contributed by atoms with Gasteiger partial charge in [0.05, 0.1) is 6.54 Å². The predicted octanol–water partition coefficient (Wildman–Crippen LogP) is 2.23. The molecule has 0 amide bonds. The number of rotatable bonds is 7. The van der Waals surface area contributed by atoms with Gasteiger partial charge < -0.3 is 9.73 Å². The summed E-state index contributed by atoms with van der Waals surface area (Å²) in [7, 11) is -3.52. The quantitative estimate of drug-likeness (QED) is 0.799. The van der Waals surface area contributed by atoms with E-state index in [1.165, 1.54) is 6.07 Å². The summed E-state index contributed by atoms with van der Waals surface area (Å²) in [6.45, 7) is 7.03. The van der Waals surface area contributed by atoms with E-state index in [4.69, 9.17) is 4.42 Å². The summed E-state index contributed by atoms with van der Waals surface area (Å²) >= 11 is 3.14. The zero-order valence-corrected chi connectivity index (χ0v) is 13.2. The maximum Gasteiger partial charge on any atom is 0.245 e. The highest BCUT2D eigenvalue weighted by molar-refractivity contribution is 9.10. The maximum absolute atomic E-state index is 12.1. The Bertz CT molecular complexity index is 484. The molecule has 1 heterocycles. The normalized spacial score (nSPS) is 13.8. The van der Waals surface area contributed by atoms with Gasteiger partial charge in [0.25, 0.3) is 0 Å². The Kier molecular flexibility index (Phi) is 5.84. The van der Waals surface area contributed by atoms with E-state index in [-0.39, 0.29) is 15.6 Å². The summed E-state index contributed by atoms with van der Waals surface area (Å²) in [4.78, 5) is 0.149. The van der Waals surface area contributed by atoms with Gasteiger partial charge in [-0.1, -0.05) is 13.8 Å². The molecule has 0 saturated heterocycles. The first-order valence-corrected chi connectivity index (χ1v) is 8.19. The molecule has 0 spiro atoms. The van der Waals surface area contributed by atoms with Gasteiger partial charge in [0.2, 0.25) is 10.0 Å². The second-order valence-corrected chi connectivity index (χ2v) is 6.46. The first-order valence-electron chi connectivity index (χ1n) is 5.92. The molecule has 1 unspecified atom stereocenters. The van der Waals surface area contributed by atoms with E-state index in [9.17, 15) is 8.42 Å². The molecule has 104 valence electrons. The summed E-state index contributed by atoms with van der Waals surface area (Å²) in [6, 6.07) is 1.44. The number of sulfonamides is 1. The minimum absolute atomic E-state index is 0.103. The van der Waals surface area contributed by atoms with Crippen molar-refractivity contribution in [3.8, 4) is 0 Å². The first kappa shape index (κ1) is 15.7. The van der Waals surface area contributed by atoms with Crippen LogP contribution >= 0.6 is 15.9 Å². The number of furan rings is 1. The summed E-state index contributed by atoms with van der Waals surface area (Å²) in [5, 5.41) is 3.08. The molecule has 1 atom stereocenters. The number of hydrogen-bond acceptors (Lipinski definition) is 4. The monoisotopic (exact) mass is 338 g/mol. The SMILES string of the molecule is CCNCc1cc(S(=O)(=O)NC(C)CC)c(Br)o1. The van der Waals surface area contributed by atoms with Crippen molar-refractivity contribution in [1.29, 1.82) is 0 Å². The van der Waals surface area contributed by atoms with Crippen molar-refractivity contribution in [3.63, 3.8) is 0 Å². The van der Waals surface area contributed by atoms with Crippen LogP contribution in [0.3, 0.4) is 0 Å². The fraction of sp³-hybridized carbons (Fsp3) is 0.636. The van der Waals surface area contributed by atoms with Crippen LogP contribution in [0.5, 0.6) is 0 Å². The largest absolute Gasteiger partial charge is 0.452 e. The van der Waals surface area contributed by atoms with E-state index in [2.05, 4.69) is 26.0 Å². The van der Waals surface area contributed by atoms with Crippen molar-refractivity contribution in [2.75, 3.05) is 6.54 Å². The van der Waals surface area contributed by atoms with Crippen LogP contribution in [0.2, 0.25) is 0 Å². The van der Waals surface area contributed by atoms with Crippen LogP contribution in [0.1, 0.15) is 33.0 Å². The van der Waals surface area contributed by atoms with E-state index in [0.717, 1.165) is 13.0 Å². The van der Waals surface area contributed by atoms with Crippen LogP contribution in [0.25, 0.3) is 0 Å². The lowest BCUT2D eigenvalue weighted by atomic mass is 10.3. The molecule has 5 nitrogen and oxygen atoms in total. The Morgan fingerprint density at radius 2 is 2.11 bits per heavy atom. The Labute approximate surface area is 117 Å². The Morgan fingerprint density at radius 1 is 1.44 bits per heavy atom. The molecular formula is C11H19BrN2O3S. The van der Waals surface area contributed by atoms with Gasteiger partial charge in [-0.3, -0.25) is 0 Å². The Balaban J connectivity index is 2.91. The fourth-order valence-electron chi connectivity index (χ4n) is 1.33. The summed E-state index contributed by atoms with van der Waals surface area (Å²) < 4.78 is 32.4. The maximum atomic E-state index is 12.1. The van der Waals surface area contributed by atoms with Gasteiger partial charge in [-0.25, -0.2) is 13.1 Å². The molecule has 0 aliphatic heterocycles. The molecule has 1 aromatic heterocycles. The molecule has 0 saturated carbocycles. The van der Waals surface area contributed by atoms with Crippen LogP contribution in [0.4, 0.5) is 0 Å². The number of hydrogen-bond donors (Lipinski definition) is 2. The van der Waals surface area contributed by atoms with Gasteiger partial charge in [-0.15, -0.1) is 0 Å². The molecule has 0 fully saturated rings. The smallest absolute Gasteiger partial charge is 0.245 e. The second kappa shape index (κ2) is 6.70. The van der Waals surface area contributed by atoms with E-state index < -0.39 is 10.0 Å². The average Bonchev–Trinajstić information content (AvgIpc) is 2.68.